The van der Waals surface area contributed by atoms with Gasteiger partial charge < -0.3 is 9.64 Å². The van der Waals surface area contributed by atoms with Gasteiger partial charge in [0.2, 0.25) is 0 Å². The molecule has 0 unspecified atom stereocenters. The van der Waals surface area contributed by atoms with Crippen molar-refractivity contribution in [2.24, 2.45) is 0 Å². The number of benzene rings is 1. The second-order valence-electron chi connectivity index (χ2n) is 5.82. The maximum absolute atomic E-state index is 12.0. The molecule has 2 aromatic rings. The Hall–Kier alpha value is -2.43. The molecule has 0 amide bonds. The summed E-state index contributed by atoms with van der Waals surface area (Å²) in [6.07, 6.45) is 6.29. The summed E-state index contributed by atoms with van der Waals surface area (Å²) >= 11 is 0. The fourth-order valence-corrected chi connectivity index (χ4v) is 3.12. The van der Waals surface area contributed by atoms with Crippen molar-refractivity contribution < 1.29 is 9.53 Å². The van der Waals surface area contributed by atoms with E-state index in [1.54, 1.807) is 6.33 Å². The minimum Gasteiger partial charge on any atom is -0.462 e. The third-order valence-corrected chi connectivity index (χ3v) is 4.33. The molecule has 120 valence electrons. The van der Waals surface area contributed by atoms with E-state index in [2.05, 4.69) is 21.8 Å². The van der Waals surface area contributed by atoms with Gasteiger partial charge in [-0.25, -0.2) is 14.8 Å². The summed E-state index contributed by atoms with van der Waals surface area (Å²) in [5.74, 6) is 0.157. The fourth-order valence-electron chi connectivity index (χ4n) is 3.12. The van der Waals surface area contributed by atoms with E-state index in [0.29, 0.717) is 18.1 Å². The lowest BCUT2D eigenvalue weighted by molar-refractivity contribution is 0.0526. The maximum atomic E-state index is 12.0. The number of carbonyl (C=O) groups excluding carboxylic acids is 1. The second kappa shape index (κ2) is 6.77. The third kappa shape index (κ3) is 3.33. The Morgan fingerprint density at radius 3 is 2.87 bits per heavy atom. The number of ether oxygens (including phenoxy) is 1. The van der Waals surface area contributed by atoms with Gasteiger partial charge >= 0.3 is 5.97 Å². The van der Waals surface area contributed by atoms with E-state index >= 15 is 0 Å². The van der Waals surface area contributed by atoms with Crippen molar-refractivity contribution in [3.63, 3.8) is 0 Å². The molecule has 1 aromatic carbocycles. The van der Waals surface area contributed by atoms with Crippen LogP contribution in [-0.4, -0.2) is 35.6 Å². The number of aryl methyl sites for hydroxylation is 1. The van der Waals surface area contributed by atoms with E-state index < -0.39 is 0 Å². The van der Waals surface area contributed by atoms with Gasteiger partial charge in [0.05, 0.1) is 30.3 Å². The summed E-state index contributed by atoms with van der Waals surface area (Å²) in [6.45, 7) is 6.21. The summed E-state index contributed by atoms with van der Waals surface area (Å²) < 4.78 is 5.11. The van der Waals surface area contributed by atoms with Crippen LogP contribution in [0.1, 0.15) is 40.7 Å². The Morgan fingerprint density at radius 1 is 1.35 bits per heavy atom. The molecule has 0 spiro atoms. The van der Waals surface area contributed by atoms with Crippen molar-refractivity contribution >= 4 is 11.7 Å². The van der Waals surface area contributed by atoms with Gasteiger partial charge in [0.1, 0.15) is 6.33 Å². The van der Waals surface area contributed by atoms with Crippen LogP contribution in [-0.2, 0) is 4.74 Å². The average molecular weight is 311 g/mol. The molecule has 0 aliphatic carbocycles. The lowest BCUT2D eigenvalue weighted by Crippen LogP contribution is -2.19. The molecule has 23 heavy (non-hydrogen) atoms. The number of anilines is 1. The highest BCUT2D eigenvalue weighted by molar-refractivity contribution is 5.89. The van der Waals surface area contributed by atoms with E-state index in [-0.39, 0.29) is 5.97 Å². The first kappa shape index (κ1) is 15.5. The van der Waals surface area contributed by atoms with Crippen LogP contribution in [0.2, 0.25) is 0 Å². The molecule has 2 heterocycles. The molecule has 0 radical (unpaired) electrons. The number of esters is 1. The van der Waals surface area contributed by atoms with Gasteiger partial charge in [-0.1, -0.05) is 6.07 Å². The molecule has 3 rings (SSSR count). The Bertz CT molecular complexity index is 688. The van der Waals surface area contributed by atoms with Gasteiger partial charge in [-0.3, -0.25) is 0 Å². The molecule has 0 bridgehead atoms. The number of hydrogen-bond acceptors (Lipinski definition) is 5. The Kier molecular flexibility index (Phi) is 4.55. The molecular weight excluding hydrogens is 290 g/mol. The van der Waals surface area contributed by atoms with E-state index in [1.165, 1.54) is 11.1 Å². The van der Waals surface area contributed by atoms with Gasteiger partial charge in [-0.2, -0.15) is 0 Å². The van der Waals surface area contributed by atoms with E-state index in [4.69, 9.17) is 4.74 Å². The molecule has 5 heteroatoms. The monoisotopic (exact) mass is 311 g/mol. The standard InChI is InChI=1S/C18H21N3O2/c1-3-23-18(22)14-5-4-13(2)17(8-14)15-6-7-21(11-15)16-9-19-12-20-10-16/h4-5,8-10,12,15H,3,6-7,11H2,1-2H3/t15-/m1/s1. The van der Waals surface area contributed by atoms with Crippen LogP contribution in [0.4, 0.5) is 5.69 Å². The second-order valence-corrected chi connectivity index (χ2v) is 5.82. The van der Waals surface area contributed by atoms with Crippen molar-refractivity contribution in [3.8, 4) is 0 Å². The summed E-state index contributed by atoms with van der Waals surface area (Å²) in [5.41, 5.74) is 4.13. The number of aromatic nitrogens is 2. The van der Waals surface area contributed by atoms with E-state index in [0.717, 1.165) is 25.2 Å². The first-order valence-corrected chi connectivity index (χ1v) is 7.96. The van der Waals surface area contributed by atoms with Gasteiger partial charge in [0.15, 0.2) is 0 Å². The van der Waals surface area contributed by atoms with Crippen LogP contribution >= 0.6 is 0 Å². The topological polar surface area (TPSA) is 55.3 Å². The first-order chi connectivity index (χ1) is 11.2. The minimum absolute atomic E-state index is 0.250. The number of carbonyl (C=O) groups is 1. The molecular formula is C18H21N3O2. The highest BCUT2D eigenvalue weighted by Crippen LogP contribution is 2.32. The molecule has 1 aliphatic rings. The largest absolute Gasteiger partial charge is 0.462 e. The van der Waals surface area contributed by atoms with Crippen molar-refractivity contribution in [2.75, 3.05) is 24.6 Å². The molecule has 0 saturated carbocycles. The summed E-state index contributed by atoms with van der Waals surface area (Å²) in [5, 5.41) is 0. The maximum Gasteiger partial charge on any atom is 0.338 e. The van der Waals surface area contributed by atoms with Crippen molar-refractivity contribution in [3.05, 3.63) is 53.6 Å². The zero-order valence-electron chi connectivity index (χ0n) is 13.5. The van der Waals surface area contributed by atoms with Gasteiger partial charge in [0, 0.05) is 19.0 Å². The molecule has 1 saturated heterocycles. The predicted molar refractivity (Wildman–Crippen MR) is 88.7 cm³/mol. The average Bonchev–Trinajstić information content (AvgIpc) is 3.06. The molecule has 1 atom stereocenters. The van der Waals surface area contributed by atoms with E-state index in [1.807, 2.05) is 37.5 Å². The Balaban J connectivity index is 1.79. The highest BCUT2D eigenvalue weighted by Gasteiger charge is 2.26. The van der Waals surface area contributed by atoms with Crippen LogP contribution in [0.5, 0.6) is 0 Å². The Labute approximate surface area is 136 Å². The molecule has 1 aliphatic heterocycles. The zero-order valence-corrected chi connectivity index (χ0v) is 13.5. The van der Waals surface area contributed by atoms with Gasteiger partial charge in [-0.05, 0) is 43.5 Å². The van der Waals surface area contributed by atoms with E-state index in [9.17, 15) is 4.79 Å². The molecule has 1 fully saturated rings. The number of rotatable bonds is 4. The van der Waals surface area contributed by atoms with Crippen molar-refractivity contribution in [1.82, 2.24) is 9.97 Å². The van der Waals surface area contributed by atoms with Crippen LogP contribution < -0.4 is 4.90 Å². The SMILES string of the molecule is CCOC(=O)c1ccc(C)c([C@@H]2CCN(c3cncnc3)C2)c1. The van der Waals surface area contributed by atoms with Crippen molar-refractivity contribution in [2.45, 2.75) is 26.2 Å². The number of hydrogen-bond donors (Lipinski definition) is 0. The lowest BCUT2D eigenvalue weighted by atomic mass is 9.92. The molecule has 0 N–H and O–H groups in total. The molecule has 1 aromatic heterocycles. The zero-order chi connectivity index (χ0) is 16.2. The summed E-state index contributed by atoms with van der Waals surface area (Å²) in [6, 6.07) is 5.84. The third-order valence-electron chi connectivity index (χ3n) is 4.33. The predicted octanol–water partition coefficient (Wildman–Crippen LogP) is 2.96. The van der Waals surface area contributed by atoms with Crippen LogP contribution in [0.25, 0.3) is 0 Å². The Morgan fingerprint density at radius 2 is 2.13 bits per heavy atom. The van der Waals surface area contributed by atoms with Crippen LogP contribution in [0, 0.1) is 6.92 Å². The first-order valence-electron chi connectivity index (χ1n) is 7.96. The quantitative estimate of drug-likeness (QED) is 0.813. The normalized spacial score (nSPS) is 17.3. The minimum atomic E-state index is -0.250. The van der Waals surface area contributed by atoms with Crippen LogP contribution in [0.15, 0.2) is 36.9 Å². The summed E-state index contributed by atoms with van der Waals surface area (Å²) in [7, 11) is 0. The van der Waals surface area contributed by atoms with Crippen LogP contribution in [0.3, 0.4) is 0 Å². The fraction of sp³-hybridized carbons (Fsp3) is 0.389. The number of nitrogens with zero attached hydrogens (tertiary/aromatic N) is 3. The summed E-state index contributed by atoms with van der Waals surface area (Å²) in [4.78, 5) is 22.4. The van der Waals surface area contributed by atoms with Gasteiger partial charge in [-0.15, -0.1) is 0 Å². The smallest absolute Gasteiger partial charge is 0.338 e. The molecule has 5 nitrogen and oxygen atoms in total. The highest BCUT2D eigenvalue weighted by atomic mass is 16.5. The van der Waals surface area contributed by atoms with Gasteiger partial charge in [0.25, 0.3) is 0 Å². The van der Waals surface area contributed by atoms with Crippen molar-refractivity contribution in [1.29, 1.82) is 0 Å². The lowest BCUT2D eigenvalue weighted by Gasteiger charge is -2.19.